The Morgan fingerprint density at radius 3 is 1.66 bits per heavy atom. The van der Waals surface area contributed by atoms with Crippen molar-refractivity contribution in [2.75, 3.05) is 34.0 Å². The van der Waals surface area contributed by atoms with Crippen molar-refractivity contribution in [3.05, 3.63) is 0 Å². The Bertz CT molecular complexity index is 1050. The predicted molar refractivity (Wildman–Crippen MR) is 189 cm³/mol. The van der Waals surface area contributed by atoms with Gasteiger partial charge in [0.1, 0.15) is 6.29 Å². The highest BCUT2D eigenvalue weighted by atomic mass is 16.5. The molecule has 274 valence electrons. The van der Waals surface area contributed by atoms with Crippen molar-refractivity contribution < 1.29 is 28.6 Å². The van der Waals surface area contributed by atoms with Gasteiger partial charge in [-0.2, -0.15) is 0 Å². The van der Waals surface area contributed by atoms with Gasteiger partial charge in [-0.15, -0.1) is 0 Å². The molecular weight excluding hydrogens is 594 g/mol. The zero-order valence-corrected chi connectivity index (χ0v) is 32.6. The molecule has 0 saturated carbocycles. The third-order valence-electron chi connectivity index (χ3n) is 11.6. The molecule has 3 fully saturated rings. The second kappa shape index (κ2) is 16.0. The van der Waals surface area contributed by atoms with E-state index in [4.69, 9.17) is 14.2 Å². The third-order valence-corrected chi connectivity index (χ3v) is 11.6. The van der Waals surface area contributed by atoms with Crippen LogP contribution in [0.25, 0.3) is 0 Å². The molecule has 4 atom stereocenters. The molecule has 4 unspecified atom stereocenters. The summed E-state index contributed by atoms with van der Waals surface area (Å²) >= 11 is 0. The van der Waals surface area contributed by atoms with Crippen molar-refractivity contribution >= 4 is 18.2 Å². The van der Waals surface area contributed by atoms with E-state index < -0.39 is 0 Å². The molecule has 3 aliphatic rings. The molecule has 9 nitrogen and oxygen atoms in total. The average Bonchev–Trinajstić information content (AvgIpc) is 3.35. The summed E-state index contributed by atoms with van der Waals surface area (Å²) in [5.74, 6) is 0.587. The zero-order chi connectivity index (χ0) is 36.1. The third kappa shape index (κ3) is 12.1. The topological polar surface area (TPSA) is 106 Å². The molecule has 3 aliphatic heterocycles. The summed E-state index contributed by atoms with van der Waals surface area (Å²) < 4.78 is 16.5. The van der Waals surface area contributed by atoms with Crippen LogP contribution in [0.3, 0.4) is 0 Å². The van der Waals surface area contributed by atoms with Crippen molar-refractivity contribution in [1.82, 2.24) is 15.5 Å². The number of ether oxygens (including phenoxy) is 3. The summed E-state index contributed by atoms with van der Waals surface area (Å²) in [6.07, 6.45) is 5.92. The first-order chi connectivity index (χ1) is 21.4. The van der Waals surface area contributed by atoms with E-state index in [2.05, 4.69) is 106 Å². The first-order valence-electron chi connectivity index (χ1n) is 17.9. The molecule has 0 bridgehead atoms. The Morgan fingerprint density at radius 1 is 0.745 bits per heavy atom. The number of carbonyl (C=O) groups is 3. The number of hydrogen-bond donors (Lipinski definition) is 2. The Kier molecular flexibility index (Phi) is 14.2. The minimum atomic E-state index is -0.251. The summed E-state index contributed by atoms with van der Waals surface area (Å²) in [7, 11) is 3.91. The zero-order valence-electron chi connectivity index (χ0n) is 32.6. The van der Waals surface area contributed by atoms with Gasteiger partial charge in [-0.05, 0) is 128 Å². The van der Waals surface area contributed by atoms with E-state index in [0.717, 1.165) is 25.7 Å². The molecule has 0 aromatic rings. The number of nitrogens with zero attached hydrogens (tertiary/aromatic N) is 1. The number of nitrogens with one attached hydrogen (secondary N) is 2. The molecule has 3 heterocycles. The summed E-state index contributed by atoms with van der Waals surface area (Å²) in [6, 6.07) is 0. The second-order valence-electron chi connectivity index (χ2n) is 18.4. The van der Waals surface area contributed by atoms with Gasteiger partial charge < -0.3 is 29.6 Å². The summed E-state index contributed by atoms with van der Waals surface area (Å²) in [4.78, 5) is 38.4. The highest BCUT2D eigenvalue weighted by Gasteiger charge is 2.50. The number of carbonyl (C=O) groups excluding carboxylic acids is 3. The van der Waals surface area contributed by atoms with E-state index in [9.17, 15) is 14.4 Å². The minimum Gasteiger partial charge on any atom is -0.465 e. The van der Waals surface area contributed by atoms with Crippen LogP contribution in [-0.4, -0.2) is 90.3 Å². The molecule has 2 N–H and O–H groups in total. The van der Waals surface area contributed by atoms with Gasteiger partial charge in [-0.25, -0.2) is 0 Å². The highest BCUT2D eigenvalue weighted by Crippen LogP contribution is 2.44. The van der Waals surface area contributed by atoms with E-state index in [0.29, 0.717) is 38.4 Å². The first kappa shape index (κ1) is 41.6. The maximum Gasteiger partial charge on any atom is 0.306 e. The summed E-state index contributed by atoms with van der Waals surface area (Å²) in [5, 5.41) is 7.23. The molecule has 9 heteroatoms. The normalized spacial score (nSPS) is 28.6. The fourth-order valence-corrected chi connectivity index (χ4v) is 8.56. The van der Waals surface area contributed by atoms with Crippen molar-refractivity contribution in [1.29, 1.82) is 0 Å². The maximum absolute atomic E-state index is 12.7. The molecule has 0 aliphatic carbocycles. The molecule has 47 heavy (non-hydrogen) atoms. The number of aldehydes is 1. The number of esters is 2. The monoisotopic (exact) mass is 666 g/mol. The lowest BCUT2D eigenvalue weighted by Crippen LogP contribution is -2.47. The van der Waals surface area contributed by atoms with E-state index in [1.807, 2.05) is 0 Å². The van der Waals surface area contributed by atoms with Crippen molar-refractivity contribution in [2.24, 2.45) is 23.7 Å². The molecule has 3 rings (SSSR count). The van der Waals surface area contributed by atoms with Gasteiger partial charge >= 0.3 is 11.9 Å². The largest absolute Gasteiger partial charge is 0.465 e. The predicted octanol–water partition coefficient (Wildman–Crippen LogP) is 6.31. The first-order valence-corrected chi connectivity index (χ1v) is 17.9. The van der Waals surface area contributed by atoms with Crippen LogP contribution in [0.2, 0.25) is 0 Å². The van der Waals surface area contributed by atoms with Crippen LogP contribution in [0, 0.1) is 23.7 Å². The Morgan fingerprint density at radius 2 is 1.23 bits per heavy atom. The number of rotatable bonds is 14. The van der Waals surface area contributed by atoms with Gasteiger partial charge in [0.15, 0.2) is 0 Å². The van der Waals surface area contributed by atoms with Crippen LogP contribution in [0.5, 0.6) is 0 Å². The van der Waals surface area contributed by atoms with Crippen LogP contribution in [0.4, 0.5) is 0 Å². The van der Waals surface area contributed by atoms with E-state index in [-0.39, 0.29) is 75.8 Å². The summed E-state index contributed by atoms with van der Waals surface area (Å²) in [5.41, 5.74) is 0.444. The van der Waals surface area contributed by atoms with Crippen molar-refractivity contribution in [2.45, 2.75) is 168 Å². The molecule has 0 aromatic carbocycles. The quantitative estimate of drug-likeness (QED) is 0.163. The standard InChI is InChI=1S/C28H50N2O5.C10H21NO/c1-25(2)16-21(27(5,6)29-25)18-34-23(32)13-12-20(11-10-14-31)15-24(33)35-19-22-17-26(3,4)30(9)28(22,7)8;1-9(2)6-8(7-12-5)10(3,4)11-9/h14,20-22,29H,10-13,15-19H2,1-9H3;8,11H,6-7H2,1-5H3. The Balaban J connectivity index is 0.000000535. The SMILES string of the molecule is CN1C(C)(C)CC(COC(=O)CC(CCC=O)CCC(=O)OCC2CC(C)(C)NC2(C)C)C1(C)C.COCC1CC(C)(C)NC1(C)C. The second-order valence-corrected chi connectivity index (χ2v) is 18.4. The molecule has 0 radical (unpaired) electrons. The average molecular weight is 666 g/mol. The van der Waals surface area contributed by atoms with Crippen LogP contribution in [-0.2, 0) is 28.6 Å². The lowest BCUT2D eigenvalue weighted by atomic mass is 9.87. The maximum atomic E-state index is 12.7. The van der Waals surface area contributed by atoms with Gasteiger partial charge in [0.05, 0.1) is 19.8 Å². The molecule has 3 saturated heterocycles. The number of likely N-dealkylation sites (tertiary alicyclic amines) is 1. The molecule has 0 aromatic heterocycles. The van der Waals surface area contributed by atoms with E-state index >= 15 is 0 Å². The van der Waals surface area contributed by atoms with Crippen molar-refractivity contribution in [3.63, 3.8) is 0 Å². The van der Waals surface area contributed by atoms with E-state index in [1.54, 1.807) is 7.11 Å². The lowest BCUT2D eigenvalue weighted by Gasteiger charge is -2.38. The minimum absolute atomic E-state index is 0.0275. The van der Waals surface area contributed by atoms with Crippen LogP contribution >= 0.6 is 0 Å². The van der Waals surface area contributed by atoms with Gasteiger partial charge in [0, 0.05) is 77.4 Å². The van der Waals surface area contributed by atoms with Crippen LogP contribution < -0.4 is 10.6 Å². The number of methoxy groups -OCH3 is 1. The van der Waals surface area contributed by atoms with Gasteiger partial charge in [0.25, 0.3) is 0 Å². The molecule has 0 amide bonds. The molecule has 0 spiro atoms. The number of hydrogen-bond acceptors (Lipinski definition) is 9. The van der Waals surface area contributed by atoms with Gasteiger partial charge in [-0.3, -0.25) is 14.5 Å². The fourth-order valence-electron chi connectivity index (χ4n) is 8.56. The smallest absolute Gasteiger partial charge is 0.306 e. The highest BCUT2D eigenvalue weighted by molar-refractivity contribution is 5.71. The fraction of sp³-hybridized carbons (Fsp3) is 0.921. The van der Waals surface area contributed by atoms with Crippen LogP contribution in [0.1, 0.15) is 134 Å². The van der Waals surface area contributed by atoms with Gasteiger partial charge in [0.2, 0.25) is 0 Å². The summed E-state index contributed by atoms with van der Waals surface area (Å²) in [6.45, 7) is 28.1. The van der Waals surface area contributed by atoms with Crippen molar-refractivity contribution in [3.8, 4) is 0 Å². The van der Waals surface area contributed by atoms with E-state index in [1.165, 1.54) is 6.42 Å². The van der Waals surface area contributed by atoms with Gasteiger partial charge in [-0.1, -0.05) is 0 Å². The van der Waals surface area contributed by atoms with Crippen LogP contribution in [0.15, 0.2) is 0 Å². The Hall–Kier alpha value is -1.55. The molecular formula is C38H71N3O6. The Labute approximate surface area is 287 Å². The lowest BCUT2D eigenvalue weighted by molar-refractivity contribution is -0.149.